The van der Waals surface area contributed by atoms with E-state index < -0.39 is 0 Å². The zero-order valence-corrected chi connectivity index (χ0v) is 17.0. The van der Waals surface area contributed by atoms with E-state index in [1.165, 1.54) is 11.5 Å². The average molecular weight is 416 g/mol. The van der Waals surface area contributed by atoms with Crippen LogP contribution in [0.5, 0.6) is 5.75 Å². The molecule has 0 saturated heterocycles. The summed E-state index contributed by atoms with van der Waals surface area (Å²) in [6.07, 6.45) is 1.68. The second-order valence-corrected chi connectivity index (χ2v) is 7.19. The van der Waals surface area contributed by atoms with Crippen molar-refractivity contribution in [2.45, 2.75) is 6.92 Å². The smallest absolute Gasteiger partial charge is 0.273 e. The van der Waals surface area contributed by atoms with E-state index in [1.54, 1.807) is 61.7 Å². The number of thiazole rings is 1. The van der Waals surface area contributed by atoms with Gasteiger partial charge in [-0.15, -0.1) is 11.3 Å². The van der Waals surface area contributed by atoms with Crippen LogP contribution in [-0.2, 0) is 4.79 Å². The van der Waals surface area contributed by atoms with Crippen molar-refractivity contribution < 1.29 is 9.53 Å². The molecule has 0 aliphatic rings. The normalized spacial score (nSPS) is 10.7. The first-order valence-electron chi connectivity index (χ1n) is 8.77. The first kappa shape index (κ1) is 20.6. The van der Waals surface area contributed by atoms with Crippen LogP contribution in [0.3, 0.4) is 0 Å². The number of anilines is 1. The molecule has 0 aliphatic heterocycles. The molecule has 0 saturated carbocycles. The molecule has 0 aliphatic carbocycles. The maximum atomic E-state index is 13.1. The number of hydrogen-bond donors (Lipinski definition) is 1. The summed E-state index contributed by atoms with van der Waals surface area (Å²) in [4.78, 5) is 24.3. The third-order valence-electron chi connectivity index (χ3n) is 4.12. The standard InChI is InChI=1S/C22H16N4O3S/c1-14(27)25-17-5-3-15(4-6-17)11-20-21(28)26(22(30-20)16(12-23)13-24)18-7-9-19(29-2)10-8-18/h3-11H,1-2H3,(H,25,27). The molecule has 0 spiro atoms. The van der Waals surface area contributed by atoms with Crippen LogP contribution in [-0.4, -0.2) is 17.6 Å². The Morgan fingerprint density at radius 2 is 1.73 bits per heavy atom. The Kier molecular flexibility index (Phi) is 6.11. The van der Waals surface area contributed by atoms with Gasteiger partial charge < -0.3 is 10.1 Å². The van der Waals surface area contributed by atoms with Crippen molar-refractivity contribution in [3.8, 4) is 23.6 Å². The number of aromatic nitrogens is 1. The predicted octanol–water partition coefficient (Wildman–Crippen LogP) is 1.89. The van der Waals surface area contributed by atoms with Gasteiger partial charge in [0.1, 0.15) is 22.6 Å². The molecular formula is C22H16N4O3S. The van der Waals surface area contributed by atoms with Crippen molar-refractivity contribution in [3.05, 3.63) is 73.6 Å². The molecule has 0 fully saturated rings. The van der Waals surface area contributed by atoms with Crippen molar-refractivity contribution >= 4 is 34.6 Å². The van der Waals surface area contributed by atoms with E-state index in [-0.39, 0.29) is 21.7 Å². The number of carbonyl (C=O) groups excluding carboxylic acids is 1. The lowest BCUT2D eigenvalue weighted by atomic mass is 10.2. The van der Waals surface area contributed by atoms with Crippen LogP contribution >= 0.6 is 11.3 Å². The molecule has 30 heavy (non-hydrogen) atoms. The van der Waals surface area contributed by atoms with Gasteiger partial charge in [-0.25, -0.2) is 0 Å². The van der Waals surface area contributed by atoms with E-state index in [0.29, 0.717) is 21.7 Å². The quantitative estimate of drug-likeness (QED) is 0.699. The molecule has 3 aromatic rings. The predicted molar refractivity (Wildman–Crippen MR) is 115 cm³/mol. The molecular weight excluding hydrogens is 400 g/mol. The fourth-order valence-corrected chi connectivity index (χ4v) is 3.81. The molecule has 1 amide bonds. The Hall–Kier alpha value is -4.14. The minimum atomic E-state index is -0.339. The van der Waals surface area contributed by atoms with Crippen LogP contribution in [0.4, 0.5) is 5.69 Å². The summed E-state index contributed by atoms with van der Waals surface area (Å²) in [7, 11) is 1.54. The minimum absolute atomic E-state index is 0.145. The molecule has 0 atom stereocenters. The van der Waals surface area contributed by atoms with Crippen LogP contribution in [0, 0.1) is 22.7 Å². The molecule has 0 unspecified atom stereocenters. The van der Waals surface area contributed by atoms with Crippen LogP contribution in [0.1, 0.15) is 12.5 Å². The summed E-state index contributed by atoms with van der Waals surface area (Å²) in [6.45, 7) is 1.42. The second-order valence-electron chi connectivity index (χ2n) is 6.16. The fourth-order valence-electron chi connectivity index (χ4n) is 2.75. The molecule has 0 bridgehead atoms. The molecule has 2 aromatic carbocycles. The Morgan fingerprint density at radius 1 is 1.10 bits per heavy atom. The maximum absolute atomic E-state index is 13.1. The lowest BCUT2D eigenvalue weighted by molar-refractivity contribution is -0.114. The first-order chi connectivity index (χ1) is 14.5. The highest BCUT2D eigenvalue weighted by Gasteiger charge is 2.11. The van der Waals surface area contributed by atoms with Gasteiger partial charge in [-0.3, -0.25) is 14.2 Å². The highest BCUT2D eigenvalue weighted by atomic mass is 32.1. The minimum Gasteiger partial charge on any atom is -0.497 e. The number of benzene rings is 2. The third kappa shape index (κ3) is 4.30. The van der Waals surface area contributed by atoms with E-state index in [1.807, 2.05) is 12.1 Å². The van der Waals surface area contributed by atoms with Crippen molar-refractivity contribution in [2.75, 3.05) is 12.4 Å². The van der Waals surface area contributed by atoms with Crippen molar-refractivity contribution in [3.63, 3.8) is 0 Å². The zero-order valence-electron chi connectivity index (χ0n) is 16.2. The first-order valence-corrected chi connectivity index (χ1v) is 9.58. The Bertz CT molecular complexity index is 1340. The SMILES string of the molecule is COc1ccc(-n2c(=C(C#N)C#N)sc(=Cc3ccc(NC(C)=O)cc3)c2=O)cc1. The van der Waals surface area contributed by atoms with Crippen LogP contribution in [0.15, 0.2) is 53.3 Å². The van der Waals surface area contributed by atoms with Gasteiger partial charge in [0.15, 0.2) is 5.57 Å². The molecule has 0 radical (unpaired) electrons. The number of nitriles is 2. The summed E-state index contributed by atoms with van der Waals surface area (Å²) < 4.78 is 7.13. The van der Waals surface area contributed by atoms with E-state index in [4.69, 9.17) is 4.74 Å². The number of ether oxygens (including phenoxy) is 1. The van der Waals surface area contributed by atoms with Crippen LogP contribution in [0.2, 0.25) is 0 Å². The topological polar surface area (TPSA) is 108 Å². The largest absolute Gasteiger partial charge is 0.497 e. The summed E-state index contributed by atoms with van der Waals surface area (Å²) in [5.41, 5.74) is 1.43. The average Bonchev–Trinajstić information content (AvgIpc) is 3.06. The van der Waals surface area contributed by atoms with Gasteiger partial charge in [-0.05, 0) is 48.0 Å². The Labute approximate surface area is 176 Å². The van der Waals surface area contributed by atoms with Crippen molar-refractivity contribution in [1.82, 2.24) is 4.57 Å². The van der Waals surface area contributed by atoms with E-state index in [2.05, 4.69) is 5.32 Å². The molecule has 1 aromatic heterocycles. The van der Waals surface area contributed by atoms with Gasteiger partial charge in [-0.1, -0.05) is 12.1 Å². The van der Waals surface area contributed by atoms with Gasteiger partial charge in [0.05, 0.1) is 17.3 Å². The molecule has 1 heterocycles. The van der Waals surface area contributed by atoms with Crippen molar-refractivity contribution in [1.29, 1.82) is 10.5 Å². The van der Waals surface area contributed by atoms with Gasteiger partial charge in [0.2, 0.25) is 5.91 Å². The van der Waals surface area contributed by atoms with Gasteiger partial charge >= 0.3 is 0 Å². The van der Waals surface area contributed by atoms with Gasteiger partial charge in [0, 0.05) is 12.6 Å². The number of methoxy groups -OCH3 is 1. The van der Waals surface area contributed by atoms with E-state index in [0.717, 1.165) is 16.9 Å². The number of carbonyl (C=O) groups is 1. The number of nitrogens with zero attached hydrogens (tertiary/aromatic N) is 3. The molecule has 1 N–H and O–H groups in total. The maximum Gasteiger partial charge on any atom is 0.273 e. The summed E-state index contributed by atoms with van der Waals surface area (Å²) >= 11 is 1.07. The lowest BCUT2D eigenvalue weighted by Crippen LogP contribution is -2.30. The number of nitrogens with one attached hydrogen (secondary N) is 1. The summed E-state index contributed by atoms with van der Waals surface area (Å²) in [5.74, 6) is 0.451. The second kappa shape index (κ2) is 8.91. The number of amides is 1. The number of hydrogen-bond acceptors (Lipinski definition) is 6. The zero-order chi connectivity index (χ0) is 21.7. The molecule has 7 nitrogen and oxygen atoms in total. The summed E-state index contributed by atoms with van der Waals surface area (Å²) in [5, 5.41) is 21.4. The third-order valence-corrected chi connectivity index (χ3v) is 5.21. The Morgan fingerprint density at radius 3 is 2.27 bits per heavy atom. The monoisotopic (exact) mass is 416 g/mol. The summed E-state index contributed by atoms with van der Waals surface area (Å²) in [6, 6.07) is 17.5. The van der Waals surface area contributed by atoms with Gasteiger partial charge in [0.25, 0.3) is 5.56 Å². The molecule has 8 heteroatoms. The number of rotatable bonds is 4. The highest BCUT2D eigenvalue weighted by Crippen LogP contribution is 2.13. The highest BCUT2D eigenvalue weighted by molar-refractivity contribution is 7.07. The molecule has 148 valence electrons. The van der Waals surface area contributed by atoms with E-state index >= 15 is 0 Å². The van der Waals surface area contributed by atoms with Crippen LogP contribution in [0.25, 0.3) is 17.3 Å². The fraction of sp³-hybridized carbons (Fsp3) is 0.0909. The molecule has 3 rings (SSSR count). The van der Waals surface area contributed by atoms with E-state index in [9.17, 15) is 20.1 Å². The van der Waals surface area contributed by atoms with Crippen molar-refractivity contribution in [2.24, 2.45) is 0 Å². The lowest BCUT2D eigenvalue weighted by Gasteiger charge is -2.04. The Balaban J connectivity index is 2.20. The van der Waals surface area contributed by atoms with Gasteiger partial charge in [-0.2, -0.15) is 10.5 Å². The van der Waals surface area contributed by atoms with Crippen LogP contribution < -0.4 is 24.8 Å².